The Kier molecular flexibility index (Phi) is 14.1. The summed E-state index contributed by atoms with van der Waals surface area (Å²) in [6, 6.07) is 0. The van der Waals surface area contributed by atoms with Crippen LogP contribution in [0.1, 0.15) is 97.3 Å². The Bertz CT molecular complexity index is 314. The van der Waals surface area contributed by atoms with Crippen molar-refractivity contribution in [3.8, 4) is 0 Å². The molecule has 0 saturated heterocycles. The fourth-order valence-corrected chi connectivity index (χ4v) is 3.00. The van der Waals surface area contributed by atoms with Gasteiger partial charge in [-0.25, -0.2) is 0 Å². The zero-order valence-electron chi connectivity index (χ0n) is 15.1. The average Bonchev–Trinajstić information content (AvgIpc) is 2.47. The van der Waals surface area contributed by atoms with Crippen LogP contribution in [0.2, 0.25) is 0 Å². The lowest BCUT2D eigenvalue weighted by Gasteiger charge is -2.14. The van der Waals surface area contributed by atoms with Crippen LogP contribution in [0.4, 0.5) is 0 Å². The van der Waals surface area contributed by atoms with Crippen molar-refractivity contribution < 1.29 is 19.8 Å². The maximum atomic E-state index is 11.7. The van der Waals surface area contributed by atoms with E-state index in [0.29, 0.717) is 0 Å². The highest BCUT2D eigenvalue weighted by Gasteiger charge is 2.13. The van der Waals surface area contributed by atoms with Gasteiger partial charge in [-0.2, -0.15) is 0 Å². The van der Waals surface area contributed by atoms with Gasteiger partial charge < -0.3 is 10.2 Å². The summed E-state index contributed by atoms with van der Waals surface area (Å²) < 4.78 is 0. The second-order valence-electron chi connectivity index (χ2n) is 6.73. The summed E-state index contributed by atoms with van der Waals surface area (Å²) in [5, 5.41) is 18.3. The molecule has 2 atom stereocenters. The fourth-order valence-electron chi connectivity index (χ4n) is 3.00. The highest BCUT2D eigenvalue weighted by atomic mass is 16.4. The van der Waals surface area contributed by atoms with Crippen LogP contribution in [0, 0.1) is 5.92 Å². The second kappa shape index (κ2) is 14.7. The summed E-state index contributed by atoms with van der Waals surface area (Å²) in [6.45, 7) is 3.77. The van der Waals surface area contributed by atoms with Gasteiger partial charge in [0.25, 0.3) is 0 Å². The molecule has 0 heterocycles. The van der Waals surface area contributed by atoms with E-state index in [1.807, 2.05) is 0 Å². The Morgan fingerprint density at radius 3 is 1.87 bits per heavy atom. The second-order valence-corrected chi connectivity index (χ2v) is 6.73. The van der Waals surface area contributed by atoms with E-state index in [0.717, 1.165) is 77.0 Å². The summed E-state index contributed by atoms with van der Waals surface area (Å²) in [5.74, 6) is -0.285. The van der Waals surface area contributed by atoms with Gasteiger partial charge in [0.2, 0.25) is 0 Å². The standard InChI is InChI=1S/C19H36O4/c1-3-11-18(21)14-9-6-8-13-17(16(2)20)12-7-4-5-10-15-19(22)23/h17-18,21H,3-15H2,1-2H3,(H,22,23)/t17-,18-/m1/s1. The number of rotatable bonds is 16. The first-order valence-electron chi connectivity index (χ1n) is 9.37. The Hall–Kier alpha value is -0.900. The first-order chi connectivity index (χ1) is 11.0. The van der Waals surface area contributed by atoms with Crippen molar-refractivity contribution in [3.63, 3.8) is 0 Å². The van der Waals surface area contributed by atoms with Gasteiger partial charge in [-0.05, 0) is 39.0 Å². The lowest BCUT2D eigenvalue weighted by molar-refractivity contribution is -0.137. The minimum absolute atomic E-state index is 0.158. The van der Waals surface area contributed by atoms with Crippen LogP contribution in [-0.4, -0.2) is 28.1 Å². The lowest BCUT2D eigenvalue weighted by Crippen LogP contribution is -2.11. The smallest absolute Gasteiger partial charge is 0.303 e. The number of hydrogen-bond acceptors (Lipinski definition) is 3. The van der Waals surface area contributed by atoms with Crippen molar-refractivity contribution >= 4 is 11.8 Å². The first-order valence-corrected chi connectivity index (χ1v) is 9.37. The largest absolute Gasteiger partial charge is 0.481 e. The van der Waals surface area contributed by atoms with Crippen LogP contribution in [-0.2, 0) is 9.59 Å². The van der Waals surface area contributed by atoms with E-state index in [4.69, 9.17) is 5.11 Å². The van der Waals surface area contributed by atoms with Crippen molar-refractivity contribution in [2.45, 2.75) is 103 Å². The normalized spacial score (nSPS) is 13.7. The van der Waals surface area contributed by atoms with Gasteiger partial charge in [-0.1, -0.05) is 51.9 Å². The summed E-state index contributed by atoms with van der Waals surface area (Å²) in [4.78, 5) is 22.1. The van der Waals surface area contributed by atoms with Crippen LogP contribution >= 0.6 is 0 Å². The van der Waals surface area contributed by atoms with E-state index in [2.05, 4.69) is 6.92 Å². The molecule has 0 aliphatic heterocycles. The highest BCUT2D eigenvalue weighted by Crippen LogP contribution is 2.20. The maximum Gasteiger partial charge on any atom is 0.303 e. The molecule has 0 amide bonds. The van der Waals surface area contributed by atoms with Crippen LogP contribution in [0.15, 0.2) is 0 Å². The third-order valence-electron chi connectivity index (χ3n) is 4.48. The van der Waals surface area contributed by atoms with E-state index in [1.54, 1.807) is 6.92 Å². The molecule has 136 valence electrons. The molecule has 0 rings (SSSR count). The molecule has 0 fully saturated rings. The molecular formula is C19H36O4. The molecule has 0 bridgehead atoms. The molecule has 23 heavy (non-hydrogen) atoms. The van der Waals surface area contributed by atoms with Crippen LogP contribution in [0.3, 0.4) is 0 Å². The molecule has 0 aliphatic rings. The van der Waals surface area contributed by atoms with Crippen LogP contribution < -0.4 is 0 Å². The van der Waals surface area contributed by atoms with E-state index in [9.17, 15) is 14.7 Å². The summed E-state index contributed by atoms with van der Waals surface area (Å²) in [5.41, 5.74) is 0. The number of hydrogen-bond donors (Lipinski definition) is 2. The molecule has 0 aliphatic carbocycles. The third kappa shape index (κ3) is 14.4. The van der Waals surface area contributed by atoms with Gasteiger partial charge in [0.05, 0.1) is 6.10 Å². The molecule has 0 aromatic carbocycles. The zero-order valence-corrected chi connectivity index (χ0v) is 15.1. The third-order valence-corrected chi connectivity index (χ3v) is 4.48. The van der Waals surface area contributed by atoms with Crippen molar-refractivity contribution in [1.29, 1.82) is 0 Å². The van der Waals surface area contributed by atoms with E-state index >= 15 is 0 Å². The molecular weight excluding hydrogens is 292 g/mol. The van der Waals surface area contributed by atoms with Crippen molar-refractivity contribution in [3.05, 3.63) is 0 Å². The summed E-state index contributed by atoms with van der Waals surface area (Å²) >= 11 is 0. The quantitative estimate of drug-likeness (QED) is 0.402. The minimum Gasteiger partial charge on any atom is -0.481 e. The average molecular weight is 328 g/mol. The Balaban J connectivity index is 3.66. The molecule has 0 saturated carbocycles. The topological polar surface area (TPSA) is 74.6 Å². The number of unbranched alkanes of at least 4 members (excludes halogenated alkanes) is 5. The fraction of sp³-hybridized carbons (Fsp3) is 0.895. The molecule has 0 radical (unpaired) electrons. The number of carbonyl (C=O) groups is 2. The van der Waals surface area contributed by atoms with Gasteiger partial charge >= 0.3 is 5.97 Å². The number of aliphatic hydroxyl groups is 1. The molecule has 0 aromatic rings. The van der Waals surface area contributed by atoms with Gasteiger partial charge in [0.1, 0.15) is 5.78 Å². The number of carbonyl (C=O) groups excluding carboxylic acids is 1. The van der Waals surface area contributed by atoms with E-state index in [-0.39, 0.29) is 24.2 Å². The Morgan fingerprint density at radius 2 is 1.35 bits per heavy atom. The van der Waals surface area contributed by atoms with Gasteiger partial charge in [0.15, 0.2) is 0 Å². The van der Waals surface area contributed by atoms with Crippen molar-refractivity contribution in [2.24, 2.45) is 5.92 Å². The number of aliphatic hydroxyl groups excluding tert-OH is 1. The molecule has 0 aromatic heterocycles. The SMILES string of the molecule is CCC[C@@H](O)CCCCC[C@@H](CCCCCCC(=O)O)C(C)=O. The highest BCUT2D eigenvalue weighted by molar-refractivity contribution is 5.78. The summed E-state index contributed by atoms with van der Waals surface area (Å²) in [6.07, 6.45) is 11.7. The minimum atomic E-state index is -0.726. The molecule has 0 unspecified atom stereocenters. The zero-order chi connectivity index (χ0) is 17.5. The number of aliphatic carboxylic acids is 1. The van der Waals surface area contributed by atoms with Crippen molar-refractivity contribution in [2.75, 3.05) is 0 Å². The predicted molar refractivity (Wildman–Crippen MR) is 93.5 cm³/mol. The van der Waals surface area contributed by atoms with Crippen LogP contribution in [0.25, 0.3) is 0 Å². The van der Waals surface area contributed by atoms with Gasteiger partial charge in [-0.3, -0.25) is 9.59 Å². The summed E-state index contributed by atoms with van der Waals surface area (Å²) in [7, 11) is 0. The number of Topliss-reactive ketones (excluding diaryl/α,β-unsaturated/α-hetero) is 1. The maximum absolute atomic E-state index is 11.7. The lowest BCUT2D eigenvalue weighted by atomic mass is 9.91. The van der Waals surface area contributed by atoms with Crippen LogP contribution in [0.5, 0.6) is 0 Å². The van der Waals surface area contributed by atoms with E-state index < -0.39 is 5.97 Å². The van der Waals surface area contributed by atoms with Gasteiger partial charge in [-0.15, -0.1) is 0 Å². The Morgan fingerprint density at radius 1 is 0.826 bits per heavy atom. The number of carboxylic acid groups (broad SMARTS) is 1. The molecule has 4 nitrogen and oxygen atoms in total. The predicted octanol–water partition coefficient (Wildman–Crippen LogP) is 4.73. The molecule has 2 N–H and O–H groups in total. The molecule has 4 heteroatoms. The van der Waals surface area contributed by atoms with Gasteiger partial charge in [0, 0.05) is 12.3 Å². The van der Waals surface area contributed by atoms with E-state index in [1.165, 1.54) is 0 Å². The molecule has 0 spiro atoms. The van der Waals surface area contributed by atoms with Crippen molar-refractivity contribution in [1.82, 2.24) is 0 Å². The number of ketones is 1. The number of carboxylic acids is 1. The monoisotopic (exact) mass is 328 g/mol. The Labute approximate surface area is 141 Å². The first kappa shape index (κ1) is 22.1.